The van der Waals surface area contributed by atoms with Gasteiger partial charge in [-0.05, 0) is 28.6 Å². The zero-order chi connectivity index (χ0) is 13.7. The largest absolute Gasteiger partial charge is 0.383 e. The number of ether oxygens (including phenoxy) is 1. The summed E-state index contributed by atoms with van der Waals surface area (Å²) in [5.41, 5.74) is 0.485. The van der Waals surface area contributed by atoms with Gasteiger partial charge in [-0.1, -0.05) is 11.6 Å². The van der Waals surface area contributed by atoms with E-state index in [1.807, 2.05) is 0 Å². The molecule has 19 heavy (non-hydrogen) atoms. The van der Waals surface area contributed by atoms with Gasteiger partial charge >= 0.3 is 0 Å². The number of halogens is 2. The van der Waals surface area contributed by atoms with Gasteiger partial charge in [-0.2, -0.15) is 4.68 Å². The van der Waals surface area contributed by atoms with Crippen LogP contribution < -0.4 is 5.32 Å². The lowest BCUT2D eigenvalue weighted by atomic mass is 10.3. The topological polar surface area (TPSA) is 64.9 Å². The highest BCUT2D eigenvalue weighted by molar-refractivity contribution is 6.30. The monoisotopic (exact) mass is 285 g/mol. The second-order valence-electron chi connectivity index (χ2n) is 3.80. The van der Waals surface area contributed by atoms with Gasteiger partial charge in [0.2, 0.25) is 0 Å². The molecule has 1 heterocycles. The summed E-state index contributed by atoms with van der Waals surface area (Å²) in [6.45, 7) is 1.71. The van der Waals surface area contributed by atoms with Crippen molar-refractivity contribution in [3.8, 4) is 5.69 Å². The molecule has 0 aliphatic heterocycles. The number of rotatable bonds is 6. The highest BCUT2D eigenvalue weighted by atomic mass is 35.5. The quantitative estimate of drug-likeness (QED) is 0.808. The van der Waals surface area contributed by atoms with Crippen LogP contribution in [0.15, 0.2) is 18.2 Å². The lowest BCUT2D eigenvalue weighted by Gasteiger charge is -2.06. The number of aromatic nitrogens is 4. The van der Waals surface area contributed by atoms with Gasteiger partial charge < -0.3 is 10.1 Å². The fourth-order valence-electron chi connectivity index (χ4n) is 1.55. The molecule has 2 aromatic rings. The van der Waals surface area contributed by atoms with Crippen LogP contribution in [0, 0.1) is 5.82 Å². The average Bonchev–Trinajstić information content (AvgIpc) is 2.82. The molecule has 0 atom stereocenters. The Labute approximate surface area is 114 Å². The van der Waals surface area contributed by atoms with Crippen LogP contribution in [-0.2, 0) is 11.3 Å². The van der Waals surface area contributed by atoms with Crippen molar-refractivity contribution in [2.45, 2.75) is 6.54 Å². The molecule has 0 saturated carbocycles. The number of nitrogens with one attached hydrogen (secondary N) is 1. The number of benzene rings is 1. The Morgan fingerprint density at radius 3 is 3.00 bits per heavy atom. The predicted molar refractivity (Wildman–Crippen MR) is 67.7 cm³/mol. The maximum atomic E-state index is 13.3. The van der Waals surface area contributed by atoms with Crippen molar-refractivity contribution in [3.05, 3.63) is 34.9 Å². The van der Waals surface area contributed by atoms with Gasteiger partial charge in [0.1, 0.15) is 5.82 Å². The van der Waals surface area contributed by atoms with Crippen LogP contribution in [0.4, 0.5) is 4.39 Å². The van der Waals surface area contributed by atoms with Crippen LogP contribution in [0.1, 0.15) is 5.82 Å². The van der Waals surface area contributed by atoms with Gasteiger partial charge in [0.05, 0.1) is 18.8 Å². The minimum absolute atomic E-state index is 0.295. The van der Waals surface area contributed by atoms with Gasteiger partial charge in [0.15, 0.2) is 5.82 Å². The van der Waals surface area contributed by atoms with E-state index in [-0.39, 0.29) is 0 Å². The van der Waals surface area contributed by atoms with E-state index in [4.69, 9.17) is 16.3 Å². The summed E-state index contributed by atoms with van der Waals surface area (Å²) in [6.07, 6.45) is 0. The molecule has 0 radical (unpaired) electrons. The first-order valence-electron chi connectivity index (χ1n) is 5.64. The zero-order valence-electron chi connectivity index (χ0n) is 10.3. The molecular weight excluding hydrogens is 273 g/mol. The molecule has 1 N–H and O–H groups in total. The van der Waals surface area contributed by atoms with Crippen LogP contribution in [0.3, 0.4) is 0 Å². The smallest absolute Gasteiger partial charge is 0.170 e. The van der Waals surface area contributed by atoms with Crippen molar-refractivity contribution in [1.82, 2.24) is 25.5 Å². The number of hydrogen-bond acceptors (Lipinski definition) is 5. The Balaban J connectivity index is 2.14. The highest BCUT2D eigenvalue weighted by Crippen LogP contribution is 2.17. The summed E-state index contributed by atoms with van der Waals surface area (Å²) in [5.74, 6) is 0.133. The van der Waals surface area contributed by atoms with Gasteiger partial charge in [-0.3, -0.25) is 0 Å². The molecule has 102 valence electrons. The van der Waals surface area contributed by atoms with E-state index >= 15 is 0 Å². The molecule has 0 spiro atoms. The normalized spacial score (nSPS) is 10.9. The third-order valence-corrected chi connectivity index (χ3v) is 2.61. The van der Waals surface area contributed by atoms with Gasteiger partial charge in [0, 0.05) is 18.7 Å². The summed E-state index contributed by atoms with van der Waals surface area (Å²) < 4.78 is 19.7. The molecule has 8 heteroatoms. The molecule has 0 aliphatic rings. The van der Waals surface area contributed by atoms with Crippen LogP contribution in [0.2, 0.25) is 5.02 Å². The number of methoxy groups -OCH3 is 1. The van der Waals surface area contributed by atoms with Crippen LogP contribution in [0.25, 0.3) is 5.69 Å². The molecule has 6 nitrogen and oxygen atoms in total. The van der Waals surface area contributed by atoms with Crippen molar-refractivity contribution in [2.24, 2.45) is 0 Å². The second kappa shape index (κ2) is 6.55. The summed E-state index contributed by atoms with van der Waals surface area (Å²) in [7, 11) is 1.63. The van der Waals surface area contributed by atoms with Gasteiger partial charge in [-0.15, -0.1) is 5.10 Å². The molecule has 0 fully saturated rings. The fourth-order valence-corrected chi connectivity index (χ4v) is 1.77. The van der Waals surface area contributed by atoms with E-state index in [1.165, 1.54) is 16.8 Å². The minimum Gasteiger partial charge on any atom is -0.383 e. The Morgan fingerprint density at radius 2 is 2.26 bits per heavy atom. The first-order valence-corrected chi connectivity index (χ1v) is 6.02. The van der Waals surface area contributed by atoms with E-state index in [0.29, 0.717) is 36.2 Å². The molecule has 0 amide bonds. The maximum Gasteiger partial charge on any atom is 0.170 e. The third-order valence-electron chi connectivity index (χ3n) is 2.39. The lowest BCUT2D eigenvalue weighted by Crippen LogP contribution is -2.21. The van der Waals surface area contributed by atoms with Crippen molar-refractivity contribution in [1.29, 1.82) is 0 Å². The van der Waals surface area contributed by atoms with E-state index in [1.54, 1.807) is 13.2 Å². The van der Waals surface area contributed by atoms with Crippen molar-refractivity contribution in [3.63, 3.8) is 0 Å². The third kappa shape index (κ3) is 3.69. The Morgan fingerprint density at radius 1 is 1.42 bits per heavy atom. The summed E-state index contributed by atoms with van der Waals surface area (Å²) in [4.78, 5) is 0. The number of tetrazole rings is 1. The SMILES string of the molecule is COCCNCc1nnnn1-c1cc(F)cc(Cl)c1. The zero-order valence-corrected chi connectivity index (χ0v) is 11.1. The van der Waals surface area contributed by atoms with Crippen molar-refractivity contribution < 1.29 is 9.13 Å². The number of nitrogens with zero attached hydrogens (tertiary/aromatic N) is 4. The molecule has 2 rings (SSSR count). The summed E-state index contributed by atoms with van der Waals surface area (Å²) in [5, 5.41) is 14.7. The molecule has 0 saturated heterocycles. The van der Waals surface area contributed by atoms with Crippen molar-refractivity contribution >= 4 is 11.6 Å². The van der Waals surface area contributed by atoms with E-state index in [2.05, 4.69) is 20.8 Å². The molecule has 0 unspecified atom stereocenters. The first-order chi connectivity index (χ1) is 9.20. The maximum absolute atomic E-state index is 13.3. The minimum atomic E-state index is -0.434. The predicted octanol–water partition coefficient (Wildman–Crippen LogP) is 1.19. The van der Waals surface area contributed by atoms with E-state index in [0.717, 1.165) is 0 Å². The Bertz CT molecular complexity index is 527. The Hall–Kier alpha value is -1.57. The fraction of sp³-hybridized carbons (Fsp3) is 0.364. The summed E-state index contributed by atoms with van der Waals surface area (Å²) >= 11 is 5.81. The molecule has 1 aromatic heterocycles. The molecule has 1 aromatic carbocycles. The standard InChI is InChI=1S/C11H13ClFN5O/c1-19-3-2-14-7-11-15-16-17-18(11)10-5-8(12)4-9(13)6-10/h4-6,14H,2-3,7H2,1H3. The van der Waals surface area contributed by atoms with E-state index < -0.39 is 5.82 Å². The number of hydrogen-bond donors (Lipinski definition) is 1. The van der Waals surface area contributed by atoms with Gasteiger partial charge in [0.25, 0.3) is 0 Å². The molecule has 0 bridgehead atoms. The average molecular weight is 286 g/mol. The highest BCUT2D eigenvalue weighted by Gasteiger charge is 2.09. The molecule has 0 aliphatic carbocycles. The lowest BCUT2D eigenvalue weighted by molar-refractivity contribution is 0.199. The Kier molecular flexibility index (Phi) is 4.78. The summed E-state index contributed by atoms with van der Waals surface area (Å²) in [6, 6.07) is 4.15. The first kappa shape index (κ1) is 13.9. The molecular formula is C11H13ClFN5O. The van der Waals surface area contributed by atoms with Crippen LogP contribution >= 0.6 is 11.6 Å². The van der Waals surface area contributed by atoms with Crippen molar-refractivity contribution in [2.75, 3.05) is 20.3 Å². The van der Waals surface area contributed by atoms with Crippen LogP contribution in [0.5, 0.6) is 0 Å². The van der Waals surface area contributed by atoms with E-state index in [9.17, 15) is 4.39 Å². The second-order valence-corrected chi connectivity index (χ2v) is 4.24. The van der Waals surface area contributed by atoms with Gasteiger partial charge in [-0.25, -0.2) is 4.39 Å². The van der Waals surface area contributed by atoms with Crippen LogP contribution in [-0.4, -0.2) is 40.5 Å².